The minimum Gasteiger partial charge on any atom is -0.308 e. The van der Waals surface area contributed by atoms with Crippen molar-refractivity contribution in [3.05, 3.63) is 170 Å². The minimum atomic E-state index is 0.986. The van der Waals surface area contributed by atoms with Crippen molar-refractivity contribution in [2.45, 2.75) is 0 Å². The van der Waals surface area contributed by atoms with Crippen LogP contribution in [-0.4, -0.2) is 13.8 Å². The quantitative estimate of drug-likeness (QED) is 0.187. The molecular formula is C49H28N4. The van der Waals surface area contributed by atoms with Gasteiger partial charge in [0.1, 0.15) is 5.65 Å². The molecule has 5 aromatic heterocycles. The van der Waals surface area contributed by atoms with Gasteiger partial charge in [0.05, 0.1) is 39.5 Å². The van der Waals surface area contributed by atoms with E-state index >= 15 is 0 Å². The van der Waals surface area contributed by atoms with E-state index in [4.69, 9.17) is 4.98 Å². The van der Waals surface area contributed by atoms with Gasteiger partial charge in [0.2, 0.25) is 0 Å². The van der Waals surface area contributed by atoms with Gasteiger partial charge in [-0.05, 0) is 70.1 Å². The SMILES string of the molecule is c1ccc(N(c2ccccc2)c2cccc3c4cc5ccccc5c5c6c7c8cc9ccccc9c9c%10ccccc%10n(c7cnc6n(c23)c45)c89)cc1. The summed E-state index contributed by atoms with van der Waals surface area (Å²) in [6, 6.07) is 59.6. The second-order valence-electron chi connectivity index (χ2n) is 14.3. The zero-order chi connectivity index (χ0) is 34.4. The molecule has 0 amide bonds. The average molecular weight is 673 g/mol. The van der Waals surface area contributed by atoms with Crippen molar-refractivity contribution in [3.8, 4) is 0 Å². The lowest BCUT2D eigenvalue weighted by molar-refractivity contribution is 1.24. The number of rotatable bonds is 3. The molecule has 0 atom stereocenters. The molecule has 0 N–H and O–H groups in total. The Bertz CT molecular complexity index is 3580. The molecule has 0 spiro atoms. The van der Waals surface area contributed by atoms with Gasteiger partial charge in [-0.3, -0.25) is 4.40 Å². The van der Waals surface area contributed by atoms with Crippen LogP contribution >= 0.6 is 0 Å². The zero-order valence-corrected chi connectivity index (χ0v) is 28.5. The third kappa shape index (κ3) is 3.34. The highest BCUT2D eigenvalue weighted by Crippen LogP contribution is 2.51. The van der Waals surface area contributed by atoms with E-state index in [0.29, 0.717) is 0 Å². The highest BCUT2D eigenvalue weighted by molar-refractivity contribution is 6.41. The number of pyridine rings is 1. The molecule has 4 nitrogen and oxygen atoms in total. The molecule has 0 aliphatic carbocycles. The van der Waals surface area contributed by atoms with Crippen molar-refractivity contribution in [3.63, 3.8) is 0 Å². The van der Waals surface area contributed by atoms with Crippen molar-refractivity contribution in [1.29, 1.82) is 0 Å². The van der Waals surface area contributed by atoms with Gasteiger partial charge in [-0.2, -0.15) is 0 Å². The van der Waals surface area contributed by atoms with E-state index in [1.54, 1.807) is 0 Å². The topological polar surface area (TPSA) is 24.9 Å². The Hall–Kier alpha value is -7.17. The summed E-state index contributed by atoms with van der Waals surface area (Å²) in [7, 11) is 0. The normalized spacial score (nSPS) is 12.5. The molecule has 53 heavy (non-hydrogen) atoms. The Morgan fingerprint density at radius 1 is 0.377 bits per heavy atom. The number of fused-ring (bicyclic) bond motifs is 17. The first kappa shape index (κ1) is 27.5. The lowest BCUT2D eigenvalue weighted by Crippen LogP contribution is -2.10. The summed E-state index contributed by atoms with van der Waals surface area (Å²) >= 11 is 0. The second-order valence-corrected chi connectivity index (χ2v) is 14.3. The van der Waals surface area contributed by atoms with Crippen LogP contribution in [-0.2, 0) is 0 Å². The third-order valence-corrected chi connectivity index (χ3v) is 11.7. The van der Waals surface area contributed by atoms with Crippen LogP contribution in [0.5, 0.6) is 0 Å². The fourth-order valence-electron chi connectivity index (χ4n) is 9.72. The number of anilines is 3. The monoisotopic (exact) mass is 672 g/mol. The molecule has 0 saturated carbocycles. The summed E-state index contributed by atoms with van der Waals surface area (Å²) in [6.07, 6.45) is 2.13. The lowest BCUT2D eigenvalue weighted by Gasteiger charge is -2.26. The predicted molar refractivity (Wildman–Crippen MR) is 223 cm³/mol. The largest absolute Gasteiger partial charge is 0.308 e. The molecular weight excluding hydrogens is 645 g/mol. The standard InChI is InChI=1S/C49H28N4/c1-3-16-31(17-4-1)51(32-18-5-2-6-19-32)40-25-13-23-35-37-26-29-14-8-10-21-34(29)44-45-43-38-27-30-15-7-9-20-33(30)42-36-22-11-12-24-39(36)52(48(38)42)41(43)28-50-49(45)53(46(35)40)47(37)44/h1-28H. The van der Waals surface area contributed by atoms with Gasteiger partial charge < -0.3 is 9.30 Å². The van der Waals surface area contributed by atoms with Crippen LogP contribution in [0.1, 0.15) is 0 Å². The zero-order valence-electron chi connectivity index (χ0n) is 28.5. The van der Waals surface area contributed by atoms with Gasteiger partial charge in [-0.1, -0.05) is 115 Å². The molecule has 0 fully saturated rings. The van der Waals surface area contributed by atoms with Crippen LogP contribution in [0.25, 0.3) is 97.9 Å². The summed E-state index contributed by atoms with van der Waals surface area (Å²) in [4.78, 5) is 7.88. The number of hydrogen-bond donors (Lipinski definition) is 0. The highest BCUT2D eigenvalue weighted by atomic mass is 15.2. The van der Waals surface area contributed by atoms with Crippen molar-refractivity contribution in [1.82, 2.24) is 13.8 Å². The van der Waals surface area contributed by atoms with Crippen molar-refractivity contribution in [2.75, 3.05) is 4.90 Å². The molecule has 0 saturated heterocycles. The molecule has 5 heterocycles. The van der Waals surface area contributed by atoms with Gasteiger partial charge in [0.25, 0.3) is 0 Å². The second kappa shape index (κ2) is 9.78. The summed E-state index contributed by atoms with van der Waals surface area (Å²) in [5.41, 5.74) is 10.3. The van der Waals surface area contributed by atoms with E-state index in [2.05, 4.69) is 184 Å². The molecule has 0 aliphatic rings. The number of nitrogens with zero attached hydrogens (tertiary/aromatic N) is 4. The van der Waals surface area contributed by atoms with Crippen LogP contribution in [0, 0.1) is 0 Å². The first-order valence-electron chi connectivity index (χ1n) is 18.2. The van der Waals surface area contributed by atoms with E-state index in [9.17, 15) is 0 Å². The Kier molecular flexibility index (Phi) is 5.08. The molecule has 244 valence electrons. The Morgan fingerprint density at radius 2 is 0.962 bits per heavy atom. The molecule has 0 aliphatic heterocycles. The lowest BCUT2D eigenvalue weighted by atomic mass is 9.97. The summed E-state index contributed by atoms with van der Waals surface area (Å²) in [5, 5.41) is 15.1. The third-order valence-electron chi connectivity index (χ3n) is 11.7. The molecule has 0 bridgehead atoms. The first-order valence-corrected chi connectivity index (χ1v) is 18.2. The molecule has 0 unspecified atom stereocenters. The summed E-state index contributed by atoms with van der Waals surface area (Å²) in [5.74, 6) is 0. The van der Waals surface area contributed by atoms with Crippen molar-refractivity contribution < 1.29 is 0 Å². The van der Waals surface area contributed by atoms with Gasteiger partial charge in [-0.15, -0.1) is 0 Å². The van der Waals surface area contributed by atoms with E-state index in [-0.39, 0.29) is 0 Å². The fraction of sp³-hybridized carbons (Fsp3) is 0. The van der Waals surface area contributed by atoms with Gasteiger partial charge >= 0.3 is 0 Å². The van der Waals surface area contributed by atoms with Crippen molar-refractivity contribution in [2.24, 2.45) is 0 Å². The maximum Gasteiger partial charge on any atom is 0.146 e. The van der Waals surface area contributed by atoms with E-state index in [0.717, 1.165) is 33.7 Å². The van der Waals surface area contributed by atoms with Crippen molar-refractivity contribution >= 4 is 115 Å². The Labute approximate surface area is 302 Å². The Balaban J connectivity index is 1.30. The van der Waals surface area contributed by atoms with Gasteiger partial charge in [0.15, 0.2) is 0 Å². The average Bonchev–Trinajstić information content (AvgIpc) is 3.94. The van der Waals surface area contributed by atoms with Crippen LogP contribution in [0.4, 0.5) is 17.1 Å². The minimum absolute atomic E-state index is 0.986. The number of aromatic nitrogens is 3. The number of para-hydroxylation sites is 4. The molecule has 13 rings (SSSR count). The maximum atomic E-state index is 5.50. The van der Waals surface area contributed by atoms with Crippen LogP contribution in [0.2, 0.25) is 0 Å². The molecule has 13 aromatic rings. The van der Waals surface area contributed by atoms with E-state index < -0.39 is 0 Å². The first-order chi connectivity index (χ1) is 26.3. The van der Waals surface area contributed by atoms with E-state index in [1.807, 2.05) is 0 Å². The van der Waals surface area contributed by atoms with Crippen LogP contribution < -0.4 is 4.90 Å². The fourth-order valence-corrected chi connectivity index (χ4v) is 9.72. The smallest absolute Gasteiger partial charge is 0.146 e. The molecule has 8 aromatic carbocycles. The summed E-state index contributed by atoms with van der Waals surface area (Å²) in [6.45, 7) is 0. The summed E-state index contributed by atoms with van der Waals surface area (Å²) < 4.78 is 4.95. The maximum absolute atomic E-state index is 5.50. The predicted octanol–water partition coefficient (Wildman–Crippen LogP) is 13.2. The molecule has 4 heteroatoms. The van der Waals surface area contributed by atoms with E-state index in [1.165, 1.54) is 81.2 Å². The number of hydrogen-bond acceptors (Lipinski definition) is 2. The Morgan fingerprint density at radius 3 is 1.70 bits per heavy atom. The van der Waals surface area contributed by atoms with Gasteiger partial charge in [-0.25, -0.2) is 4.98 Å². The highest BCUT2D eigenvalue weighted by Gasteiger charge is 2.28. The van der Waals surface area contributed by atoms with Crippen LogP contribution in [0.15, 0.2) is 170 Å². The van der Waals surface area contributed by atoms with Gasteiger partial charge in [0, 0.05) is 54.5 Å². The number of benzene rings is 8. The van der Waals surface area contributed by atoms with Crippen LogP contribution in [0.3, 0.4) is 0 Å². The molecule has 0 radical (unpaired) electrons.